The number of carbonyl (C=O) groups is 1. The van der Waals surface area contributed by atoms with Gasteiger partial charge in [0.05, 0.1) is 17.4 Å². The molecule has 2 N–H and O–H groups in total. The van der Waals surface area contributed by atoms with Gasteiger partial charge in [-0.2, -0.15) is 0 Å². The van der Waals surface area contributed by atoms with Gasteiger partial charge < -0.3 is 15.2 Å². The maximum Gasteiger partial charge on any atom is 0.337 e. The third-order valence-electron chi connectivity index (χ3n) is 5.89. The quantitative estimate of drug-likeness (QED) is 0.829. The smallest absolute Gasteiger partial charge is 0.337 e. The molecule has 2 aliphatic rings. The number of aromatic nitrogens is 1. The number of aromatic carboxylic acids is 1. The van der Waals surface area contributed by atoms with Gasteiger partial charge in [-0.25, -0.2) is 4.79 Å². The molecule has 5 heteroatoms. The summed E-state index contributed by atoms with van der Waals surface area (Å²) >= 11 is 0. The Balaban J connectivity index is 1.49. The third kappa shape index (κ3) is 3.98. The molecule has 142 valence electrons. The van der Waals surface area contributed by atoms with Gasteiger partial charge >= 0.3 is 5.97 Å². The Kier molecular flexibility index (Phi) is 5.39. The molecule has 1 fully saturated rings. The van der Waals surface area contributed by atoms with Gasteiger partial charge in [-0.1, -0.05) is 18.2 Å². The van der Waals surface area contributed by atoms with Crippen molar-refractivity contribution in [2.45, 2.75) is 43.9 Å². The second-order valence-electron chi connectivity index (χ2n) is 7.54. The van der Waals surface area contributed by atoms with E-state index in [-0.39, 0.29) is 5.56 Å². The van der Waals surface area contributed by atoms with Crippen LogP contribution in [0.15, 0.2) is 36.7 Å². The van der Waals surface area contributed by atoms with E-state index in [1.54, 1.807) is 12.3 Å². The number of benzene rings is 1. The lowest BCUT2D eigenvalue weighted by Gasteiger charge is -2.29. The van der Waals surface area contributed by atoms with Crippen LogP contribution in [0.5, 0.6) is 0 Å². The predicted octanol–water partition coefficient (Wildman–Crippen LogP) is 4.21. The van der Waals surface area contributed by atoms with Gasteiger partial charge in [-0.15, -0.1) is 0 Å². The Bertz CT molecular complexity index is 815. The fraction of sp³-hybridized carbons (Fsp3) is 0.455. The van der Waals surface area contributed by atoms with Crippen molar-refractivity contribution in [2.24, 2.45) is 0 Å². The summed E-state index contributed by atoms with van der Waals surface area (Å²) in [7, 11) is 0. The van der Waals surface area contributed by atoms with E-state index in [0.29, 0.717) is 17.5 Å². The van der Waals surface area contributed by atoms with E-state index in [4.69, 9.17) is 4.74 Å². The summed E-state index contributed by atoms with van der Waals surface area (Å²) in [6, 6.07) is 8.54. The van der Waals surface area contributed by atoms with Crippen LogP contribution in [-0.2, 0) is 11.2 Å². The van der Waals surface area contributed by atoms with Crippen molar-refractivity contribution in [1.29, 1.82) is 0 Å². The van der Waals surface area contributed by atoms with Gasteiger partial charge in [0.25, 0.3) is 0 Å². The molecule has 0 amide bonds. The Morgan fingerprint density at radius 1 is 1.22 bits per heavy atom. The normalized spacial score (nSPS) is 20.1. The number of carboxylic acid groups (broad SMARTS) is 1. The summed E-state index contributed by atoms with van der Waals surface area (Å²) in [5.74, 6) is 0.0976. The first kappa shape index (κ1) is 18.0. The molecule has 1 atom stereocenters. The largest absolute Gasteiger partial charge is 0.478 e. The monoisotopic (exact) mass is 366 g/mol. The second kappa shape index (κ2) is 8.09. The average Bonchev–Trinajstić information content (AvgIpc) is 2.72. The second-order valence-corrected chi connectivity index (χ2v) is 7.54. The molecule has 1 aliphatic heterocycles. The fourth-order valence-corrected chi connectivity index (χ4v) is 4.39. The van der Waals surface area contributed by atoms with Gasteiger partial charge in [0.1, 0.15) is 0 Å². The van der Waals surface area contributed by atoms with Crippen molar-refractivity contribution in [3.05, 3.63) is 58.9 Å². The summed E-state index contributed by atoms with van der Waals surface area (Å²) in [5, 5.41) is 12.7. The molecule has 0 radical (unpaired) electrons. The van der Waals surface area contributed by atoms with Crippen LogP contribution in [0, 0.1) is 0 Å². The van der Waals surface area contributed by atoms with Crippen LogP contribution in [0.2, 0.25) is 0 Å². The van der Waals surface area contributed by atoms with E-state index in [1.807, 2.05) is 0 Å². The standard InChI is InChI=1S/C22H26N2O3/c25-22(26)20-6-9-23-14-21(20)24-13-18-3-1-2-17-12-16(4-5-19(17)18)15-7-10-27-11-8-15/h4-6,9,12,14-15,18,24H,1-3,7-8,10-11,13H2,(H,25,26). The Hall–Kier alpha value is -2.40. The van der Waals surface area contributed by atoms with Crippen molar-refractivity contribution in [3.8, 4) is 0 Å². The Labute approximate surface area is 159 Å². The molecule has 1 unspecified atom stereocenters. The van der Waals surface area contributed by atoms with Crippen LogP contribution in [0.1, 0.15) is 64.6 Å². The molecule has 5 nitrogen and oxygen atoms in total. The molecule has 4 rings (SSSR count). The molecule has 1 aliphatic carbocycles. The van der Waals surface area contributed by atoms with E-state index in [2.05, 4.69) is 28.5 Å². The summed E-state index contributed by atoms with van der Waals surface area (Å²) in [6.07, 6.45) is 8.78. The minimum Gasteiger partial charge on any atom is -0.478 e. The third-order valence-corrected chi connectivity index (χ3v) is 5.89. The fourth-order valence-electron chi connectivity index (χ4n) is 4.39. The van der Waals surface area contributed by atoms with Crippen LogP contribution in [0.4, 0.5) is 5.69 Å². The number of ether oxygens (including phenoxy) is 1. The van der Waals surface area contributed by atoms with Crippen LogP contribution in [0.3, 0.4) is 0 Å². The molecule has 27 heavy (non-hydrogen) atoms. The first-order valence-corrected chi connectivity index (χ1v) is 9.84. The number of nitrogens with zero attached hydrogens (tertiary/aromatic N) is 1. The number of fused-ring (bicyclic) bond motifs is 1. The van der Waals surface area contributed by atoms with E-state index < -0.39 is 5.97 Å². The summed E-state index contributed by atoms with van der Waals surface area (Å²) in [4.78, 5) is 15.4. The first-order valence-electron chi connectivity index (χ1n) is 9.84. The highest BCUT2D eigenvalue weighted by Gasteiger charge is 2.23. The van der Waals surface area contributed by atoms with E-state index in [0.717, 1.165) is 45.4 Å². The van der Waals surface area contributed by atoms with E-state index in [9.17, 15) is 9.90 Å². The number of hydrogen-bond acceptors (Lipinski definition) is 4. The number of hydrogen-bond donors (Lipinski definition) is 2. The van der Waals surface area contributed by atoms with Crippen molar-refractivity contribution >= 4 is 11.7 Å². The highest BCUT2D eigenvalue weighted by Crippen LogP contribution is 2.35. The van der Waals surface area contributed by atoms with Gasteiger partial charge in [-0.3, -0.25) is 4.98 Å². The molecule has 1 aromatic carbocycles. The van der Waals surface area contributed by atoms with Crippen molar-refractivity contribution in [3.63, 3.8) is 0 Å². The molecule has 2 heterocycles. The number of nitrogens with one attached hydrogen (secondary N) is 1. The van der Waals surface area contributed by atoms with Crippen molar-refractivity contribution in [1.82, 2.24) is 4.98 Å². The topological polar surface area (TPSA) is 71.5 Å². The molecule has 2 aromatic rings. The molecule has 0 spiro atoms. The van der Waals surface area contributed by atoms with Crippen LogP contribution in [0.25, 0.3) is 0 Å². The molecule has 1 aromatic heterocycles. The zero-order chi connectivity index (χ0) is 18.6. The summed E-state index contributed by atoms with van der Waals surface area (Å²) < 4.78 is 5.50. The van der Waals surface area contributed by atoms with Gasteiger partial charge in [0.2, 0.25) is 0 Å². The molecular weight excluding hydrogens is 340 g/mol. The van der Waals surface area contributed by atoms with Gasteiger partial charge in [-0.05, 0) is 60.8 Å². The lowest BCUT2D eigenvalue weighted by molar-refractivity contribution is 0.0697. The minimum atomic E-state index is -0.926. The van der Waals surface area contributed by atoms with E-state index in [1.165, 1.54) is 29.3 Å². The number of rotatable bonds is 5. The molecular formula is C22H26N2O3. The highest BCUT2D eigenvalue weighted by atomic mass is 16.5. The number of aryl methyl sites for hydroxylation is 1. The lowest BCUT2D eigenvalue weighted by Crippen LogP contribution is -2.20. The van der Waals surface area contributed by atoms with Crippen LogP contribution in [-0.4, -0.2) is 35.8 Å². The average molecular weight is 366 g/mol. The van der Waals surface area contributed by atoms with Crippen molar-refractivity contribution < 1.29 is 14.6 Å². The maximum absolute atomic E-state index is 11.4. The zero-order valence-electron chi connectivity index (χ0n) is 15.5. The number of anilines is 1. The zero-order valence-corrected chi connectivity index (χ0v) is 15.5. The van der Waals surface area contributed by atoms with Gasteiger partial charge in [0.15, 0.2) is 0 Å². The minimum absolute atomic E-state index is 0.274. The number of carboxylic acids is 1. The van der Waals surface area contributed by atoms with Gasteiger partial charge in [0, 0.05) is 31.9 Å². The SMILES string of the molecule is O=C(O)c1ccncc1NCC1CCCc2cc(C3CCOCC3)ccc21. The van der Waals surface area contributed by atoms with Crippen molar-refractivity contribution in [2.75, 3.05) is 25.1 Å². The predicted molar refractivity (Wildman–Crippen MR) is 105 cm³/mol. The Morgan fingerprint density at radius 2 is 2.07 bits per heavy atom. The molecule has 1 saturated heterocycles. The van der Waals surface area contributed by atoms with Crippen LogP contribution < -0.4 is 5.32 Å². The molecule has 0 bridgehead atoms. The highest BCUT2D eigenvalue weighted by molar-refractivity contribution is 5.93. The molecule has 0 saturated carbocycles. The first-order chi connectivity index (χ1) is 13.2. The van der Waals surface area contributed by atoms with E-state index >= 15 is 0 Å². The maximum atomic E-state index is 11.4. The Morgan fingerprint density at radius 3 is 2.89 bits per heavy atom. The summed E-state index contributed by atoms with van der Waals surface area (Å²) in [5.41, 5.74) is 5.19. The number of pyridine rings is 1. The lowest BCUT2D eigenvalue weighted by atomic mass is 9.80. The van der Waals surface area contributed by atoms with Crippen LogP contribution >= 0.6 is 0 Å². The summed E-state index contributed by atoms with van der Waals surface area (Å²) in [6.45, 7) is 2.46.